The van der Waals surface area contributed by atoms with E-state index in [2.05, 4.69) is 10.6 Å². The summed E-state index contributed by atoms with van der Waals surface area (Å²) in [6, 6.07) is 23.3. The van der Waals surface area contributed by atoms with Gasteiger partial charge in [-0.15, -0.1) is 0 Å². The molecular formula is C34H33N5O6. The molecule has 0 bridgehead atoms. The Bertz CT molecular complexity index is 1760. The Morgan fingerprint density at radius 2 is 1.51 bits per heavy atom. The topological polar surface area (TPSA) is 178 Å². The number of nitrogens with two attached hydrogens (primary N) is 1. The summed E-state index contributed by atoms with van der Waals surface area (Å²) in [7, 11) is 0. The molecule has 0 fully saturated rings. The van der Waals surface area contributed by atoms with Crippen LogP contribution >= 0.6 is 0 Å². The summed E-state index contributed by atoms with van der Waals surface area (Å²) >= 11 is 0. The number of carbonyl (C=O) groups is 3. The van der Waals surface area contributed by atoms with Gasteiger partial charge in [0.25, 0.3) is 17.5 Å². The van der Waals surface area contributed by atoms with Gasteiger partial charge in [0, 0.05) is 46.6 Å². The number of hydrogen-bond donors (Lipinski definition) is 4. The van der Waals surface area contributed by atoms with Crippen molar-refractivity contribution in [3.63, 3.8) is 0 Å². The van der Waals surface area contributed by atoms with Gasteiger partial charge in [0.1, 0.15) is 12.4 Å². The Morgan fingerprint density at radius 1 is 0.844 bits per heavy atom. The number of nitrogens with zero attached hydrogens (tertiary/aromatic N) is 1. The third kappa shape index (κ3) is 8.38. The molecule has 11 heteroatoms. The number of hydrogen-bond acceptors (Lipinski definition) is 7. The maximum Gasteiger partial charge on any atom is 0.339 e. The summed E-state index contributed by atoms with van der Waals surface area (Å²) < 4.78 is 5.60. The molecule has 0 radical (unpaired) electrons. The molecule has 2 amide bonds. The van der Waals surface area contributed by atoms with Crippen LogP contribution < -0.4 is 16.4 Å². The van der Waals surface area contributed by atoms with Crippen molar-refractivity contribution in [2.45, 2.75) is 27.4 Å². The second-order valence-corrected chi connectivity index (χ2v) is 11.5. The zero-order chi connectivity index (χ0) is 32.7. The smallest absolute Gasteiger partial charge is 0.339 e. The maximum absolute atomic E-state index is 13.6. The standard InChI is InChI=1S/C34H33N5O6/c1-34(2,3)20-37-31(40)23-11-15-26(29(17-23)33(42)45-19-21-7-5-4-6-8-21)28-18-25(39(43)44)14-16-27(28)32(41)38-24-12-9-22(10-13-24)30(35)36/h4-18H,19-20H2,1-3H3,(H3,35,36)(H,37,40)(H,38,41). The number of nitrogen functional groups attached to an aromatic ring is 1. The van der Waals surface area contributed by atoms with Crippen LogP contribution in [-0.2, 0) is 11.3 Å². The number of benzene rings is 4. The Balaban J connectivity index is 1.78. The molecule has 0 aliphatic carbocycles. The van der Waals surface area contributed by atoms with Crippen molar-refractivity contribution in [1.82, 2.24) is 5.32 Å². The van der Waals surface area contributed by atoms with Gasteiger partial charge in [-0.1, -0.05) is 57.2 Å². The number of non-ortho nitro benzene ring substituents is 1. The van der Waals surface area contributed by atoms with E-state index in [1.165, 1.54) is 36.4 Å². The zero-order valence-electron chi connectivity index (χ0n) is 25.0. The molecule has 0 spiro atoms. The lowest BCUT2D eigenvalue weighted by atomic mass is 9.92. The van der Waals surface area contributed by atoms with E-state index in [0.717, 1.165) is 5.56 Å². The molecule has 45 heavy (non-hydrogen) atoms. The number of rotatable bonds is 10. The van der Waals surface area contributed by atoms with Gasteiger partial charge in [-0.05, 0) is 59.0 Å². The molecule has 0 aliphatic heterocycles. The second kappa shape index (κ2) is 13.6. The van der Waals surface area contributed by atoms with Crippen molar-refractivity contribution >= 4 is 35.0 Å². The maximum atomic E-state index is 13.6. The Labute approximate surface area is 260 Å². The van der Waals surface area contributed by atoms with Gasteiger partial charge in [-0.3, -0.25) is 25.1 Å². The number of amidine groups is 1. The number of amides is 2. The largest absolute Gasteiger partial charge is 0.457 e. The van der Waals surface area contributed by atoms with E-state index in [-0.39, 0.29) is 51.4 Å². The lowest BCUT2D eigenvalue weighted by Gasteiger charge is -2.19. The monoisotopic (exact) mass is 607 g/mol. The molecule has 4 aromatic rings. The van der Waals surface area contributed by atoms with E-state index in [1.807, 2.05) is 26.8 Å². The lowest BCUT2D eigenvalue weighted by molar-refractivity contribution is -0.384. The molecule has 230 valence electrons. The highest BCUT2D eigenvalue weighted by Crippen LogP contribution is 2.33. The number of esters is 1. The molecule has 5 N–H and O–H groups in total. The second-order valence-electron chi connectivity index (χ2n) is 11.5. The van der Waals surface area contributed by atoms with Gasteiger partial charge in [0.15, 0.2) is 0 Å². The fourth-order valence-electron chi connectivity index (χ4n) is 4.34. The third-order valence-corrected chi connectivity index (χ3v) is 6.70. The van der Waals surface area contributed by atoms with E-state index in [0.29, 0.717) is 17.8 Å². The highest BCUT2D eigenvalue weighted by Gasteiger charge is 2.24. The predicted octanol–water partition coefficient (Wildman–Crippen LogP) is 5.93. The minimum atomic E-state index is -0.781. The van der Waals surface area contributed by atoms with E-state index < -0.39 is 22.7 Å². The summed E-state index contributed by atoms with van der Waals surface area (Å²) in [5.41, 5.74) is 7.05. The molecule has 0 unspecified atom stereocenters. The van der Waals surface area contributed by atoms with Crippen molar-refractivity contribution in [1.29, 1.82) is 5.41 Å². The average Bonchev–Trinajstić information content (AvgIpc) is 3.02. The average molecular weight is 608 g/mol. The van der Waals surface area contributed by atoms with Crippen molar-refractivity contribution < 1.29 is 24.0 Å². The van der Waals surface area contributed by atoms with Crippen LogP contribution in [0.1, 0.15) is 63.0 Å². The molecule has 0 saturated carbocycles. The van der Waals surface area contributed by atoms with E-state index in [9.17, 15) is 24.5 Å². The predicted molar refractivity (Wildman–Crippen MR) is 171 cm³/mol. The van der Waals surface area contributed by atoms with Crippen LogP contribution in [0.5, 0.6) is 0 Å². The first-order valence-electron chi connectivity index (χ1n) is 14.0. The number of nitro benzene ring substituents is 1. The summed E-state index contributed by atoms with van der Waals surface area (Å²) in [5, 5.41) is 24.9. The number of carbonyl (C=O) groups excluding carboxylic acids is 3. The SMILES string of the molecule is CC(C)(C)CNC(=O)c1ccc(-c2cc([N+](=O)[O-])ccc2C(=O)Nc2ccc(C(=N)N)cc2)c(C(=O)OCc2ccccc2)c1. The van der Waals surface area contributed by atoms with Crippen molar-refractivity contribution in [2.75, 3.05) is 11.9 Å². The summed E-state index contributed by atoms with van der Waals surface area (Å²) in [4.78, 5) is 51.3. The molecular weight excluding hydrogens is 574 g/mol. The fraction of sp³-hybridized carbons (Fsp3) is 0.176. The number of anilines is 1. The number of ether oxygens (including phenoxy) is 1. The molecule has 0 saturated heterocycles. The molecule has 0 heterocycles. The molecule has 11 nitrogen and oxygen atoms in total. The van der Waals surface area contributed by atoms with Crippen molar-refractivity contribution in [2.24, 2.45) is 11.1 Å². The van der Waals surface area contributed by atoms with Gasteiger partial charge in [-0.25, -0.2) is 4.79 Å². The fourth-order valence-corrected chi connectivity index (χ4v) is 4.34. The molecule has 4 aromatic carbocycles. The van der Waals surface area contributed by atoms with Gasteiger partial charge >= 0.3 is 5.97 Å². The lowest BCUT2D eigenvalue weighted by Crippen LogP contribution is -2.32. The van der Waals surface area contributed by atoms with Crippen LogP contribution in [0.3, 0.4) is 0 Å². The zero-order valence-corrected chi connectivity index (χ0v) is 25.0. The third-order valence-electron chi connectivity index (χ3n) is 6.70. The van der Waals surface area contributed by atoms with Gasteiger partial charge in [0.2, 0.25) is 0 Å². The van der Waals surface area contributed by atoms with Crippen LogP contribution in [-0.4, -0.2) is 35.1 Å². The normalized spacial score (nSPS) is 10.9. The van der Waals surface area contributed by atoms with Crippen LogP contribution in [0.4, 0.5) is 11.4 Å². The summed E-state index contributed by atoms with van der Waals surface area (Å²) in [6.07, 6.45) is 0. The molecule has 0 aromatic heterocycles. The Hall–Kier alpha value is -5.84. The summed E-state index contributed by atoms with van der Waals surface area (Å²) in [6.45, 7) is 6.22. The molecule has 4 rings (SSSR count). The number of nitro groups is 1. The van der Waals surface area contributed by atoms with E-state index >= 15 is 0 Å². The first-order chi connectivity index (χ1) is 21.3. The minimum Gasteiger partial charge on any atom is -0.457 e. The van der Waals surface area contributed by atoms with Crippen molar-refractivity contribution in [3.8, 4) is 11.1 Å². The van der Waals surface area contributed by atoms with Gasteiger partial charge in [-0.2, -0.15) is 0 Å². The molecule has 0 atom stereocenters. The first kappa shape index (κ1) is 32.1. The quantitative estimate of drug-likeness (QED) is 0.0567. The highest BCUT2D eigenvalue weighted by atomic mass is 16.6. The number of nitrogens with one attached hydrogen (secondary N) is 3. The molecule has 0 aliphatic rings. The van der Waals surface area contributed by atoms with E-state index in [1.54, 1.807) is 48.5 Å². The minimum absolute atomic E-state index is 0.0401. The van der Waals surface area contributed by atoms with Crippen LogP contribution in [0.2, 0.25) is 0 Å². The van der Waals surface area contributed by atoms with Crippen LogP contribution in [0, 0.1) is 20.9 Å². The van der Waals surface area contributed by atoms with Crippen LogP contribution in [0.25, 0.3) is 11.1 Å². The van der Waals surface area contributed by atoms with Crippen molar-refractivity contribution in [3.05, 3.63) is 129 Å². The van der Waals surface area contributed by atoms with Gasteiger partial charge in [0.05, 0.1) is 10.5 Å². The van der Waals surface area contributed by atoms with E-state index in [4.69, 9.17) is 15.9 Å². The first-order valence-corrected chi connectivity index (χ1v) is 14.0. The van der Waals surface area contributed by atoms with Gasteiger partial charge < -0.3 is 21.1 Å². The Morgan fingerprint density at radius 3 is 2.13 bits per heavy atom. The summed E-state index contributed by atoms with van der Waals surface area (Å²) in [5.74, 6) is -1.93. The van der Waals surface area contributed by atoms with Crippen LogP contribution in [0.15, 0.2) is 91.0 Å². The Kier molecular flexibility index (Phi) is 9.72. The highest BCUT2D eigenvalue weighted by molar-refractivity contribution is 6.11.